The summed E-state index contributed by atoms with van der Waals surface area (Å²) in [5.41, 5.74) is 6.50. The monoisotopic (exact) mass is 265 g/mol. The van der Waals surface area contributed by atoms with E-state index in [-0.39, 0.29) is 0 Å². The summed E-state index contributed by atoms with van der Waals surface area (Å²) < 4.78 is 5.67. The van der Waals surface area contributed by atoms with Gasteiger partial charge in [0.15, 0.2) is 0 Å². The number of hydrogen-bond acceptors (Lipinski definition) is 4. The molecule has 0 aliphatic heterocycles. The van der Waals surface area contributed by atoms with Crippen molar-refractivity contribution in [2.75, 3.05) is 6.54 Å². The van der Waals surface area contributed by atoms with Gasteiger partial charge in [0.05, 0.1) is 0 Å². The molecule has 0 spiro atoms. The van der Waals surface area contributed by atoms with E-state index < -0.39 is 0 Å². The lowest BCUT2D eigenvalue weighted by Gasteiger charge is -2.05. The van der Waals surface area contributed by atoms with Gasteiger partial charge in [-0.15, -0.1) is 0 Å². The molecular weight excluding hydrogens is 250 g/mol. The minimum absolute atomic E-state index is 0.348. The molecule has 2 aromatic carbocycles. The first kappa shape index (κ1) is 12.6. The van der Waals surface area contributed by atoms with E-state index in [1.807, 2.05) is 36.4 Å². The van der Waals surface area contributed by atoms with E-state index in [2.05, 4.69) is 16.0 Å². The van der Waals surface area contributed by atoms with Gasteiger partial charge in [0.1, 0.15) is 5.75 Å². The van der Waals surface area contributed by atoms with Crippen molar-refractivity contribution >= 4 is 10.8 Å². The molecule has 0 bridgehead atoms. The Morgan fingerprint density at radius 2 is 1.70 bits per heavy atom. The molecule has 0 saturated carbocycles. The molecule has 0 atom stereocenters. The third-order valence-electron chi connectivity index (χ3n) is 3.04. The van der Waals surface area contributed by atoms with Crippen molar-refractivity contribution < 1.29 is 4.74 Å². The molecule has 0 amide bonds. The number of fused-ring (bicyclic) bond motifs is 1. The van der Waals surface area contributed by atoms with Crippen molar-refractivity contribution in [2.24, 2.45) is 5.73 Å². The molecule has 1 heterocycles. The second-order valence-electron chi connectivity index (χ2n) is 4.52. The predicted octanol–water partition coefficient (Wildman–Crippen LogP) is 2.92. The summed E-state index contributed by atoms with van der Waals surface area (Å²) >= 11 is 0. The average molecular weight is 265 g/mol. The highest BCUT2D eigenvalue weighted by atomic mass is 16.5. The van der Waals surface area contributed by atoms with Crippen LogP contribution in [-0.2, 0) is 6.42 Å². The zero-order chi connectivity index (χ0) is 13.8. The minimum Gasteiger partial charge on any atom is -0.424 e. The zero-order valence-electron chi connectivity index (χ0n) is 11.0. The number of benzene rings is 2. The zero-order valence-corrected chi connectivity index (χ0v) is 11.0. The fraction of sp³-hybridized carbons (Fsp3) is 0.125. The van der Waals surface area contributed by atoms with Crippen LogP contribution in [-0.4, -0.2) is 16.5 Å². The molecule has 2 N–H and O–H groups in total. The van der Waals surface area contributed by atoms with Crippen molar-refractivity contribution in [2.45, 2.75) is 6.42 Å². The second-order valence-corrected chi connectivity index (χ2v) is 4.52. The van der Waals surface area contributed by atoms with Gasteiger partial charge >= 0.3 is 6.01 Å². The van der Waals surface area contributed by atoms with Gasteiger partial charge in [0.25, 0.3) is 0 Å². The van der Waals surface area contributed by atoms with Crippen LogP contribution in [0.15, 0.2) is 54.9 Å². The molecular formula is C16H15N3O. The van der Waals surface area contributed by atoms with E-state index >= 15 is 0 Å². The Labute approximate surface area is 117 Å². The van der Waals surface area contributed by atoms with Crippen molar-refractivity contribution in [3.8, 4) is 11.8 Å². The van der Waals surface area contributed by atoms with Crippen molar-refractivity contribution in [1.29, 1.82) is 0 Å². The van der Waals surface area contributed by atoms with Gasteiger partial charge in [0.2, 0.25) is 0 Å². The average Bonchev–Trinajstić information content (AvgIpc) is 2.49. The Morgan fingerprint density at radius 1 is 0.950 bits per heavy atom. The Bertz CT molecular complexity index is 710. The standard InChI is InChI=1S/C16H15N3O/c17-8-7-12-10-18-16(19-11-12)20-15-6-5-13-3-1-2-4-14(13)9-15/h1-6,9-11H,7-8,17H2. The first-order valence-electron chi connectivity index (χ1n) is 6.53. The van der Waals surface area contributed by atoms with Gasteiger partial charge in [-0.3, -0.25) is 0 Å². The molecule has 0 aliphatic carbocycles. The summed E-state index contributed by atoms with van der Waals surface area (Å²) in [7, 11) is 0. The van der Waals surface area contributed by atoms with Crippen LogP contribution in [0, 0.1) is 0 Å². The lowest BCUT2D eigenvalue weighted by molar-refractivity contribution is 0.441. The van der Waals surface area contributed by atoms with Crippen LogP contribution < -0.4 is 10.5 Å². The molecule has 0 unspecified atom stereocenters. The van der Waals surface area contributed by atoms with Gasteiger partial charge in [-0.1, -0.05) is 30.3 Å². The molecule has 0 aliphatic rings. The number of hydrogen-bond donors (Lipinski definition) is 1. The molecule has 3 rings (SSSR count). The van der Waals surface area contributed by atoms with Crippen LogP contribution in [0.5, 0.6) is 11.8 Å². The lowest BCUT2D eigenvalue weighted by Crippen LogP contribution is -2.03. The van der Waals surface area contributed by atoms with Gasteiger partial charge < -0.3 is 10.5 Å². The molecule has 0 fully saturated rings. The summed E-state index contributed by atoms with van der Waals surface area (Å²) in [6, 6.07) is 14.4. The third kappa shape index (κ3) is 2.75. The minimum atomic E-state index is 0.348. The first-order chi connectivity index (χ1) is 9.85. The van der Waals surface area contributed by atoms with Gasteiger partial charge in [-0.2, -0.15) is 0 Å². The number of ether oxygens (including phenoxy) is 1. The van der Waals surface area contributed by atoms with E-state index in [9.17, 15) is 0 Å². The molecule has 0 radical (unpaired) electrons. The topological polar surface area (TPSA) is 61.0 Å². The summed E-state index contributed by atoms with van der Waals surface area (Å²) in [5.74, 6) is 0.732. The summed E-state index contributed by atoms with van der Waals surface area (Å²) in [6.07, 6.45) is 4.27. The molecule has 4 heteroatoms. The fourth-order valence-corrected chi connectivity index (χ4v) is 2.03. The van der Waals surface area contributed by atoms with Crippen molar-refractivity contribution in [1.82, 2.24) is 9.97 Å². The molecule has 3 aromatic rings. The normalized spacial score (nSPS) is 10.7. The Morgan fingerprint density at radius 3 is 2.45 bits per heavy atom. The Kier molecular flexibility index (Phi) is 3.56. The summed E-state index contributed by atoms with van der Waals surface area (Å²) in [4.78, 5) is 8.37. The van der Waals surface area contributed by atoms with Crippen LogP contribution in [0.4, 0.5) is 0 Å². The highest BCUT2D eigenvalue weighted by molar-refractivity contribution is 5.83. The number of rotatable bonds is 4. The maximum Gasteiger partial charge on any atom is 0.321 e. The molecule has 0 saturated heterocycles. The molecule has 1 aromatic heterocycles. The lowest BCUT2D eigenvalue weighted by atomic mass is 10.1. The number of nitrogens with zero attached hydrogens (tertiary/aromatic N) is 2. The molecule has 4 nitrogen and oxygen atoms in total. The van der Waals surface area contributed by atoms with Crippen LogP contribution in [0.2, 0.25) is 0 Å². The van der Waals surface area contributed by atoms with E-state index in [1.54, 1.807) is 12.4 Å². The van der Waals surface area contributed by atoms with Crippen LogP contribution in [0.3, 0.4) is 0 Å². The maximum absolute atomic E-state index is 5.67. The quantitative estimate of drug-likeness (QED) is 0.788. The van der Waals surface area contributed by atoms with Gasteiger partial charge in [-0.25, -0.2) is 9.97 Å². The maximum atomic E-state index is 5.67. The van der Waals surface area contributed by atoms with Crippen molar-refractivity contribution in [3.05, 3.63) is 60.4 Å². The fourth-order valence-electron chi connectivity index (χ4n) is 2.03. The largest absolute Gasteiger partial charge is 0.424 e. The Balaban J connectivity index is 1.81. The molecule has 100 valence electrons. The van der Waals surface area contributed by atoms with Crippen molar-refractivity contribution in [3.63, 3.8) is 0 Å². The van der Waals surface area contributed by atoms with E-state index in [4.69, 9.17) is 10.5 Å². The SMILES string of the molecule is NCCc1cnc(Oc2ccc3ccccc3c2)nc1. The highest BCUT2D eigenvalue weighted by Crippen LogP contribution is 2.23. The van der Waals surface area contributed by atoms with Gasteiger partial charge in [-0.05, 0) is 41.4 Å². The third-order valence-corrected chi connectivity index (χ3v) is 3.04. The summed E-state index contributed by atoms with van der Waals surface area (Å²) in [6.45, 7) is 0.592. The van der Waals surface area contributed by atoms with Crippen LogP contribution in [0.1, 0.15) is 5.56 Å². The first-order valence-corrected chi connectivity index (χ1v) is 6.53. The predicted molar refractivity (Wildman–Crippen MR) is 78.8 cm³/mol. The smallest absolute Gasteiger partial charge is 0.321 e. The number of nitrogens with two attached hydrogens (primary N) is 1. The van der Waals surface area contributed by atoms with E-state index in [1.165, 1.54) is 5.39 Å². The Hall–Kier alpha value is -2.46. The second kappa shape index (κ2) is 5.67. The van der Waals surface area contributed by atoms with Crippen LogP contribution >= 0.6 is 0 Å². The van der Waals surface area contributed by atoms with E-state index in [0.717, 1.165) is 23.1 Å². The van der Waals surface area contributed by atoms with Gasteiger partial charge in [0, 0.05) is 12.4 Å². The van der Waals surface area contributed by atoms with Crippen LogP contribution in [0.25, 0.3) is 10.8 Å². The highest BCUT2D eigenvalue weighted by Gasteiger charge is 2.02. The molecule has 20 heavy (non-hydrogen) atoms. The number of aromatic nitrogens is 2. The van der Waals surface area contributed by atoms with E-state index in [0.29, 0.717) is 12.6 Å². The summed E-state index contributed by atoms with van der Waals surface area (Å²) in [5, 5.41) is 2.31.